The van der Waals surface area contributed by atoms with Crippen LogP contribution in [-0.2, 0) is 0 Å². The molecule has 0 saturated carbocycles. The summed E-state index contributed by atoms with van der Waals surface area (Å²) in [6.07, 6.45) is 0. The summed E-state index contributed by atoms with van der Waals surface area (Å²) in [4.78, 5) is 0. The van der Waals surface area contributed by atoms with Crippen LogP contribution in [0.25, 0.3) is 0 Å². The van der Waals surface area contributed by atoms with E-state index in [1.807, 2.05) is 36.4 Å². The van der Waals surface area contributed by atoms with Gasteiger partial charge in [0, 0.05) is 12.3 Å². The van der Waals surface area contributed by atoms with E-state index in [0.29, 0.717) is 0 Å². The lowest BCUT2D eigenvalue weighted by molar-refractivity contribution is 1.72. The number of benzene rings is 1. The molecule has 8 heavy (non-hydrogen) atoms. The average molecular weight is 106 g/mol. The fourth-order valence-electron chi connectivity index (χ4n) is 0.385. The lowest BCUT2D eigenvalue weighted by Crippen LogP contribution is -1.47. The normalized spacial score (nSPS) is 6.00. The first-order chi connectivity index (χ1) is 3.00. The van der Waals surface area contributed by atoms with Crippen molar-refractivity contribution in [1.82, 2.24) is 12.3 Å². The Morgan fingerprint density at radius 3 is 0.625 bits per heavy atom. The van der Waals surface area contributed by atoms with Crippen LogP contribution in [-0.4, -0.2) is 0 Å². The first-order valence-electron chi connectivity index (χ1n) is 2.00. The largest absolute Gasteiger partial charge is 0.0623 e. The van der Waals surface area contributed by atoms with Crippen LogP contribution in [0.1, 0.15) is 0 Å². The van der Waals surface area contributed by atoms with Crippen molar-refractivity contribution < 1.29 is 0 Å². The Bertz CT molecular complexity index is 78.5. The molecular weight excluding hydrogens is 100 g/mol. The minimum absolute atomic E-state index is 0. The molecule has 0 aliphatic heterocycles. The van der Waals surface area contributed by atoms with Gasteiger partial charge < -0.3 is 0 Å². The molecule has 0 atom stereocenters. The maximum atomic E-state index is 2.00. The molecule has 0 fully saturated rings. The highest BCUT2D eigenvalue weighted by Gasteiger charge is 1.57. The zero-order valence-corrected chi connectivity index (χ0v) is 4.36. The van der Waals surface area contributed by atoms with Gasteiger partial charge >= 0.3 is 0 Å². The molecule has 0 aliphatic carbocycles. The van der Waals surface area contributed by atoms with Crippen LogP contribution < -0.4 is 12.3 Å². The van der Waals surface area contributed by atoms with Crippen molar-refractivity contribution in [3.63, 3.8) is 0 Å². The Kier molecular flexibility index (Phi) is 7.82. The lowest BCUT2D eigenvalue weighted by Gasteiger charge is -1.69. The smallest absolute Gasteiger partial charge is 0 e. The quantitative estimate of drug-likeness (QED) is 0.468. The van der Waals surface area contributed by atoms with Crippen LogP contribution in [0, 0.1) is 0 Å². The van der Waals surface area contributed by atoms with Gasteiger partial charge in [0.1, 0.15) is 0 Å². The van der Waals surface area contributed by atoms with Crippen LogP contribution in [0.4, 0.5) is 0 Å². The molecule has 0 amide bonds. The van der Waals surface area contributed by atoms with Crippen molar-refractivity contribution in [2.45, 2.75) is 0 Å². The molecule has 0 bridgehead atoms. The maximum absolute atomic E-state index is 2.00. The average Bonchev–Trinajstić information content (AvgIpc) is 1.72. The number of rotatable bonds is 0. The minimum atomic E-state index is 0. The van der Waals surface area contributed by atoms with Crippen LogP contribution in [0.3, 0.4) is 0 Å². The highest BCUT2D eigenvalue weighted by atomic mass is 14.0. The predicted octanol–water partition coefficient (Wildman–Crippen LogP) is 0.725. The molecule has 40 valence electrons. The standard InChI is InChI=1S/C6H6.2N/c1-2-4-6-5-3-1;;/h1-6H;;. The van der Waals surface area contributed by atoms with Crippen molar-refractivity contribution in [3.8, 4) is 0 Å². The van der Waals surface area contributed by atoms with Gasteiger partial charge in [-0.3, -0.25) is 0 Å². The summed E-state index contributed by atoms with van der Waals surface area (Å²) in [7, 11) is 0. The summed E-state index contributed by atoms with van der Waals surface area (Å²) in [6, 6.07) is 12.0. The summed E-state index contributed by atoms with van der Waals surface area (Å²) >= 11 is 0. The number of nitrogens with zero attached hydrogens (tertiary/aromatic N) is 2. The van der Waals surface area contributed by atoms with Gasteiger partial charge in [0.05, 0.1) is 0 Å². The van der Waals surface area contributed by atoms with E-state index < -0.39 is 0 Å². The second kappa shape index (κ2) is 6.14. The van der Waals surface area contributed by atoms with Gasteiger partial charge in [-0.1, -0.05) is 36.4 Å². The highest BCUT2D eigenvalue weighted by Crippen LogP contribution is 1.79. The Morgan fingerprint density at radius 2 is 0.500 bits per heavy atom. The molecule has 1 rings (SSSR count). The van der Waals surface area contributed by atoms with Crippen LogP contribution in [0.5, 0.6) is 0 Å². The van der Waals surface area contributed by atoms with E-state index in [1.165, 1.54) is 0 Å². The van der Waals surface area contributed by atoms with Gasteiger partial charge in [-0.25, -0.2) is 0 Å². The van der Waals surface area contributed by atoms with Gasteiger partial charge in [0.15, 0.2) is 0 Å². The van der Waals surface area contributed by atoms with E-state index in [4.69, 9.17) is 0 Å². The molecule has 1 aromatic carbocycles. The van der Waals surface area contributed by atoms with E-state index in [0.717, 1.165) is 0 Å². The molecule has 2 heteroatoms. The topological polar surface area (TPSA) is 61.0 Å². The lowest BCUT2D eigenvalue weighted by atomic mass is 10.4. The van der Waals surface area contributed by atoms with E-state index in [1.54, 1.807) is 0 Å². The molecule has 0 unspecified atom stereocenters. The highest BCUT2D eigenvalue weighted by molar-refractivity contribution is 4.99. The van der Waals surface area contributed by atoms with Gasteiger partial charge in [0.2, 0.25) is 0 Å². The second-order valence-electron chi connectivity index (χ2n) is 1.15. The van der Waals surface area contributed by atoms with Crippen LogP contribution >= 0.6 is 0 Å². The van der Waals surface area contributed by atoms with Crippen molar-refractivity contribution in [3.05, 3.63) is 36.4 Å². The third-order valence-electron chi connectivity index (χ3n) is 0.667. The molecule has 1 aromatic rings. The molecule has 6 radical (unpaired) electrons. The number of hydrogen-bond donors (Lipinski definition) is 0. The SMILES string of the molecule is [N].[N].c1ccccc1. The fourth-order valence-corrected chi connectivity index (χ4v) is 0.385. The molecule has 0 spiro atoms. The Morgan fingerprint density at radius 1 is 0.375 bits per heavy atom. The van der Waals surface area contributed by atoms with Crippen LogP contribution in [0.15, 0.2) is 36.4 Å². The van der Waals surface area contributed by atoms with Crippen molar-refractivity contribution in [2.24, 2.45) is 0 Å². The van der Waals surface area contributed by atoms with Crippen LogP contribution in [0.2, 0.25) is 0 Å². The summed E-state index contributed by atoms with van der Waals surface area (Å²) in [5.74, 6) is 0. The molecule has 0 aromatic heterocycles. The van der Waals surface area contributed by atoms with E-state index in [9.17, 15) is 0 Å². The zero-order valence-electron chi connectivity index (χ0n) is 4.36. The van der Waals surface area contributed by atoms with Crippen molar-refractivity contribution in [1.29, 1.82) is 0 Å². The zero-order chi connectivity index (χ0) is 4.24. The maximum Gasteiger partial charge on any atom is 0 e. The van der Waals surface area contributed by atoms with Gasteiger partial charge in [0.25, 0.3) is 0 Å². The predicted molar refractivity (Wildman–Crippen MR) is 30.7 cm³/mol. The molecule has 0 heterocycles. The molecular formula is C6H6N2. The summed E-state index contributed by atoms with van der Waals surface area (Å²) in [5.41, 5.74) is 0. The minimum Gasteiger partial charge on any atom is -0.0623 e. The van der Waals surface area contributed by atoms with E-state index >= 15 is 0 Å². The Labute approximate surface area is 49.7 Å². The second-order valence-corrected chi connectivity index (χ2v) is 1.15. The summed E-state index contributed by atoms with van der Waals surface area (Å²) < 4.78 is 0. The van der Waals surface area contributed by atoms with Crippen molar-refractivity contribution in [2.75, 3.05) is 0 Å². The van der Waals surface area contributed by atoms with Crippen molar-refractivity contribution >= 4 is 0 Å². The Hall–Kier alpha value is -0.860. The molecule has 0 N–H and O–H groups in total. The fraction of sp³-hybridized carbons (Fsp3) is 0. The monoisotopic (exact) mass is 106 g/mol. The van der Waals surface area contributed by atoms with Gasteiger partial charge in [-0.05, 0) is 0 Å². The third kappa shape index (κ3) is 3.33. The van der Waals surface area contributed by atoms with E-state index in [2.05, 4.69) is 0 Å². The van der Waals surface area contributed by atoms with Gasteiger partial charge in [-0.2, -0.15) is 0 Å². The third-order valence-corrected chi connectivity index (χ3v) is 0.667. The van der Waals surface area contributed by atoms with Gasteiger partial charge in [-0.15, -0.1) is 0 Å². The number of hydrogen-bond acceptors (Lipinski definition) is 0. The molecule has 2 nitrogen and oxygen atoms in total. The molecule has 0 aliphatic rings. The Balaban J connectivity index is 0. The molecule has 0 saturated heterocycles. The van der Waals surface area contributed by atoms with E-state index in [-0.39, 0.29) is 12.3 Å². The first kappa shape index (κ1) is 10.2. The summed E-state index contributed by atoms with van der Waals surface area (Å²) in [5, 5.41) is 0. The first-order valence-corrected chi connectivity index (χ1v) is 2.00. The summed E-state index contributed by atoms with van der Waals surface area (Å²) in [6.45, 7) is 0.